The summed E-state index contributed by atoms with van der Waals surface area (Å²) in [4.78, 5) is 3.90. The van der Waals surface area contributed by atoms with E-state index in [1.807, 2.05) is 0 Å². The predicted octanol–water partition coefficient (Wildman–Crippen LogP) is 0.0628. The van der Waals surface area contributed by atoms with Crippen LogP contribution in [0.3, 0.4) is 0 Å². The maximum atomic E-state index is 5.61. The van der Waals surface area contributed by atoms with Crippen LogP contribution >= 0.6 is 0 Å². The molecule has 0 saturated carbocycles. The molecular formula is C8H14N4. The first-order valence-electron chi connectivity index (χ1n) is 3.45. The van der Waals surface area contributed by atoms with Gasteiger partial charge in [-0.05, 0) is 24.6 Å². The topological polar surface area (TPSA) is 76.4 Å². The molecule has 0 rings (SSSR count). The molecule has 0 unspecified atom stereocenters. The van der Waals surface area contributed by atoms with E-state index in [1.54, 1.807) is 19.2 Å². The van der Waals surface area contributed by atoms with Crippen molar-refractivity contribution in [1.29, 1.82) is 0 Å². The Hall–Kier alpha value is -1.71. The molecule has 0 aromatic rings. The van der Waals surface area contributed by atoms with E-state index in [2.05, 4.69) is 16.9 Å². The molecule has 0 aliphatic carbocycles. The maximum Gasteiger partial charge on any atom is 0.148 e. The van der Waals surface area contributed by atoms with E-state index < -0.39 is 0 Å². The zero-order chi connectivity index (χ0) is 9.40. The van der Waals surface area contributed by atoms with Crippen molar-refractivity contribution in [3.8, 4) is 0 Å². The normalized spacial score (nSPS) is 13.4. The van der Waals surface area contributed by atoms with E-state index >= 15 is 0 Å². The average Bonchev–Trinajstić information content (AvgIpc) is 2.10. The van der Waals surface area contributed by atoms with Crippen LogP contribution in [0.1, 0.15) is 0 Å². The van der Waals surface area contributed by atoms with Crippen LogP contribution in [0.5, 0.6) is 0 Å². The Kier molecular flexibility index (Phi) is 5.17. The zero-order valence-corrected chi connectivity index (χ0v) is 7.12. The third-order valence-electron chi connectivity index (χ3n) is 1.12. The molecule has 0 atom stereocenters. The summed E-state index contributed by atoms with van der Waals surface area (Å²) in [5, 5.41) is 2.79. The highest BCUT2D eigenvalue weighted by molar-refractivity contribution is 5.98. The van der Waals surface area contributed by atoms with Gasteiger partial charge < -0.3 is 16.8 Å². The smallest absolute Gasteiger partial charge is 0.148 e. The van der Waals surface area contributed by atoms with E-state index in [-0.39, 0.29) is 0 Å². The Bertz CT molecular complexity index is 225. The van der Waals surface area contributed by atoms with E-state index in [1.165, 1.54) is 12.4 Å². The second kappa shape index (κ2) is 6.03. The molecule has 0 bridgehead atoms. The van der Waals surface area contributed by atoms with Gasteiger partial charge >= 0.3 is 0 Å². The van der Waals surface area contributed by atoms with Gasteiger partial charge in [-0.1, -0.05) is 6.58 Å². The zero-order valence-electron chi connectivity index (χ0n) is 7.12. The number of nitrogens with one attached hydrogen (secondary N) is 1. The predicted molar refractivity (Wildman–Crippen MR) is 52.3 cm³/mol. The van der Waals surface area contributed by atoms with Crippen molar-refractivity contribution in [2.24, 2.45) is 16.5 Å². The second-order valence-electron chi connectivity index (χ2n) is 1.93. The minimum Gasteiger partial charge on any atom is -0.405 e. The monoisotopic (exact) mass is 166 g/mol. The van der Waals surface area contributed by atoms with Gasteiger partial charge in [-0.2, -0.15) is 0 Å². The van der Waals surface area contributed by atoms with Crippen LogP contribution in [0.15, 0.2) is 41.8 Å². The van der Waals surface area contributed by atoms with Gasteiger partial charge in [-0.15, -0.1) is 0 Å². The maximum absolute atomic E-state index is 5.61. The van der Waals surface area contributed by atoms with Crippen molar-refractivity contribution in [1.82, 2.24) is 5.32 Å². The number of nitrogens with two attached hydrogens (primary N) is 2. The third kappa shape index (κ3) is 3.46. The van der Waals surface area contributed by atoms with E-state index in [0.717, 1.165) is 0 Å². The van der Waals surface area contributed by atoms with Gasteiger partial charge in [0.25, 0.3) is 0 Å². The second-order valence-corrected chi connectivity index (χ2v) is 1.93. The lowest BCUT2D eigenvalue weighted by molar-refractivity contribution is 1.20. The summed E-state index contributed by atoms with van der Waals surface area (Å²) < 4.78 is 0. The summed E-state index contributed by atoms with van der Waals surface area (Å²) in [6.45, 7) is 3.49. The summed E-state index contributed by atoms with van der Waals surface area (Å²) in [6.07, 6.45) is 6.19. The van der Waals surface area contributed by atoms with Gasteiger partial charge in [0.2, 0.25) is 0 Å². The Balaban J connectivity index is 4.41. The Labute approximate surface area is 72.4 Å². The number of nitrogens with zero attached hydrogens (tertiary/aromatic N) is 1. The summed E-state index contributed by atoms with van der Waals surface area (Å²) in [6, 6.07) is 0. The molecule has 0 aliphatic heterocycles. The molecule has 0 heterocycles. The summed E-state index contributed by atoms with van der Waals surface area (Å²) in [5.74, 6) is 0.572. The number of aliphatic imine (C=N–C) groups is 1. The van der Waals surface area contributed by atoms with Gasteiger partial charge in [0.05, 0.1) is 5.70 Å². The Morgan fingerprint density at radius 3 is 2.67 bits per heavy atom. The SMILES string of the molecule is C=CNC(=NC)/C(N)=C/C=C\N. The highest BCUT2D eigenvalue weighted by atomic mass is 15.0. The molecule has 0 amide bonds. The number of rotatable bonds is 3. The minimum atomic E-state index is 0.513. The quantitative estimate of drug-likeness (QED) is 0.315. The summed E-state index contributed by atoms with van der Waals surface area (Å²) in [5.41, 5.74) is 11.3. The van der Waals surface area contributed by atoms with Crippen LogP contribution in [0, 0.1) is 0 Å². The largest absolute Gasteiger partial charge is 0.405 e. The van der Waals surface area contributed by atoms with Crippen LogP contribution in [-0.2, 0) is 0 Å². The highest BCUT2D eigenvalue weighted by Crippen LogP contribution is 1.87. The van der Waals surface area contributed by atoms with Crippen LogP contribution in [0.4, 0.5) is 0 Å². The molecule has 0 radical (unpaired) electrons. The van der Waals surface area contributed by atoms with Gasteiger partial charge in [0, 0.05) is 7.05 Å². The summed E-state index contributed by atoms with van der Waals surface area (Å²) >= 11 is 0. The molecule has 0 fully saturated rings. The lowest BCUT2D eigenvalue weighted by Gasteiger charge is -2.03. The van der Waals surface area contributed by atoms with Gasteiger partial charge in [0.1, 0.15) is 5.84 Å². The van der Waals surface area contributed by atoms with Crippen LogP contribution in [-0.4, -0.2) is 12.9 Å². The fourth-order valence-corrected chi connectivity index (χ4v) is 0.612. The molecule has 4 nitrogen and oxygen atoms in total. The Morgan fingerprint density at radius 2 is 2.25 bits per heavy atom. The number of allylic oxidation sites excluding steroid dienone is 2. The average molecular weight is 166 g/mol. The summed E-state index contributed by atoms with van der Waals surface area (Å²) in [7, 11) is 1.64. The number of hydrogen-bond acceptors (Lipinski definition) is 3. The van der Waals surface area contributed by atoms with Crippen LogP contribution < -0.4 is 16.8 Å². The molecule has 0 saturated heterocycles. The molecule has 0 aliphatic rings. The molecule has 5 N–H and O–H groups in total. The van der Waals surface area contributed by atoms with Crippen molar-refractivity contribution in [3.05, 3.63) is 36.8 Å². The van der Waals surface area contributed by atoms with Gasteiger partial charge in [0.15, 0.2) is 0 Å². The first-order chi connectivity index (χ1) is 5.76. The lowest BCUT2D eigenvalue weighted by atomic mass is 10.3. The van der Waals surface area contributed by atoms with E-state index in [9.17, 15) is 0 Å². The number of amidine groups is 1. The lowest BCUT2D eigenvalue weighted by Crippen LogP contribution is -2.24. The molecule has 4 heteroatoms. The molecule has 66 valence electrons. The van der Waals surface area contributed by atoms with Crippen molar-refractivity contribution < 1.29 is 0 Å². The first-order valence-corrected chi connectivity index (χ1v) is 3.45. The van der Waals surface area contributed by atoms with Crippen LogP contribution in [0.2, 0.25) is 0 Å². The van der Waals surface area contributed by atoms with Crippen molar-refractivity contribution in [3.63, 3.8) is 0 Å². The van der Waals surface area contributed by atoms with Gasteiger partial charge in [-0.25, -0.2) is 0 Å². The van der Waals surface area contributed by atoms with E-state index in [0.29, 0.717) is 11.5 Å². The minimum absolute atomic E-state index is 0.513. The van der Waals surface area contributed by atoms with Crippen molar-refractivity contribution >= 4 is 5.84 Å². The molecule has 0 aromatic carbocycles. The highest BCUT2D eigenvalue weighted by Gasteiger charge is 1.95. The third-order valence-corrected chi connectivity index (χ3v) is 1.12. The molecule has 0 spiro atoms. The first kappa shape index (κ1) is 10.3. The van der Waals surface area contributed by atoms with Crippen LogP contribution in [0.25, 0.3) is 0 Å². The Morgan fingerprint density at radius 1 is 1.58 bits per heavy atom. The fourth-order valence-electron chi connectivity index (χ4n) is 0.612. The standard InChI is InChI=1S/C8H14N4/c1-3-12-8(11-2)7(10)5-4-6-9/h3-6H,1,9-10H2,2H3,(H,11,12)/b6-4-,7-5-. The number of hydrogen-bond donors (Lipinski definition) is 3. The molecule has 0 aromatic heterocycles. The molecular weight excluding hydrogens is 152 g/mol. The van der Waals surface area contributed by atoms with Gasteiger partial charge in [-0.3, -0.25) is 4.99 Å². The fraction of sp³-hybridized carbons (Fsp3) is 0.125. The van der Waals surface area contributed by atoms with E-state index in [4.69, 9.17) is 11.5 Å². The van der Waals surface area contributed by atoms with Crippen molar-refractivity contribution in [2.45, 2.75) is 0 Å². The molecule has 12 heavy (non-hydrogen) atoms. The van der Waals surface area contributed by atoms with Crippen molar-refractivity contribution in [2.75, 3.05) is 7.05 Å².